The first kappa shape index (κ1) is 12.1. The zero-order valence-electron chi connectivity index (χ0n) is 9.45. The molecule has 1 heterocycles. The second-order valence-electron chi connectivity index (χ2n) is 4.60. The zero-order valence-corrected chi connectivity index (χ0v) is 11.0. The molecular weight excluding hydrogens is 270 g/mol. The number of hydrogen-bond donors (Lipinski definition) is 2. The molecule has 1 aliphatic carbocycles. The third kappa shape index (κ3) is 3.09. The van der Waals surface area contributed by atoms with Crippen LogP contribution in [0.25, 0.3) is 0 Å². The molecule has 1 aromatic rings. The van der Waals surface area contributed by atoms with Gasteiger partial charge >= 0.3 is 0 Å². The van der Waals surface area contributed by atoms with Crippen LogP contribution in [-0.4, -0.2) is 17.8 Å². The molecule has 0 radical (unpaired) electrons. The lowest BCUT2D eigenvalue weighted by molar-refractivity contribution is 0.177. The van der Waals surface area contributed by atoms with E-state index < -0.39 is 0 Å². The lowest BCUT2D eigenvalue weighted by Gasteiger charge is -2.15. The van der Waals surface area contributed by atoms with Gasteiger partial charge in [-0.1, -0.05) is 0 Å². The van der Waals surface area contributed by atoms with Crippen molar-refractivity contribution in [2.45, 2.75) is 38.3 Å². The van der Waals surface area contributed by atoms with Gasteiger partial charge in [-0.25, -0.2) is 0 Å². The summed E-state index contributed by atoms with van der Waals surface area (Å²) in [5.41, 5.74) is 0. The van der Waals surface area contributed by atoms with Crippen molar-refractivity contribution < 1.29 is 9.52 Å². The SMILES string of the molecule is CC(NCC1CCC(O)C1)c1ccc(Br)o1. The zero-order chi connectivity index (χ0) is 11.5. The third-order valence-electron chi connectivity index (χ3n) is 3.25. The fourth-order valence-electron chi connectivity index (χ4n) is 2.24. The van der Waals surface area contributed by atoms with E-state index in [-0.39, 0.29) is 12.1 Å². The lowest BCUT2D eigenvalue weighted by Crippen LogP contribution is -2.24. The summed E-state index contributed by atoms with van der Waals surface area (Å²) in [7, 11) is 0. The van der Waals surface area contributed by atoms with Gasteiger partial charge in [-0.15, -0.1) is 0 Å². The molecule has 1 aromatic heterocycles. The van der Waals surface area contributed by atoms with Crippen molar-refractivity contribution in [1.82, 2.24) is 5.32 Å². The largest absolute Gasteiger partial charge is 0.453 e. The Hall–Kier alpha value is -0.320. The number of nitrogens with one attached hydrogen (secondary N) is 1. The monoisotopic (exact) mass is 287 g/mol. The molecule has 16 heavy (non-hydrogen) atoms. The Labute approximate surface area is 104 Å². The van der Waals surface area contributed by atoms with Crippen LogP contribution >= 0.6 is 15.9 Å². The van der Waals surface area contributed by atoms with Crippen molar-refractivity contribution in [3.05, 3.63) is 22.6 Å². The number of halogens is 1. The molecular formula is C12H18BrNO2. The van der Waals surface area contributed by atoms with Crippen molar-refractivity contribution in [2.75, 3.05) is 6.54 Å². The van der Waals surface area contributed by atoms with Crippen LogP contribution in [-0.2, 0) is 0 Å². The number of aliphatic hydroxyl groups is 1. The fraction of sp³-hybridized carbons (Fsp3) is 0.667. The second-order valence-corrected chi connectivity index (χ2v) is 5.39. The smallest absolute Gasteiger partial charge is 0.169 e. The van der Waals surface area contributed by atoms with Crippen molar-refractivity contribution >= 4 is 15.9 Å². The molecule has 3 atom stereocenters. The molecule has 0 amide bonds. The summed E-state index contributed by atoms with van der Waals surface area (Å²) in [5, 5.41) is 12.9. The second kappa shape index (κ2) is 5.34. The van der Waals surface area contributed by atoms with Crippen molar-refractivity contribution in [3.8, 4) is 0 Å². The first-order valence-corrected chi connectivity index (χ1v) is 6.61. The van der Waals surface area contributed by atoms with E-state index >= 15 is 0 Å². The maximum atomic E-state index is 9.43. The molecule has 3 unspecified atom stereocenters. The van der Waals surface area contributed by atoms with Gasteiger partial charge in [-0.05, 0) is 66.7 Å². The normalized spacial score (nSPS) is 27.2. The molecule has 0 spiro atoms. The molecule has 1 saturated carbocycles. The molecule has 0 aliphatic heterocycles. The van der Waals surface area contributed by atoms with Crippen LogP contribution in [0.1, 0.15) is 38.0 Å². The number of hydrogen-bond acceptors (Lipinski definition) is 3. The van der Waals surface area contributed by atoms with Crippen molar-refractivity contribution in [2.24, 2.45) is 5.92 Å². The summed E-state index contributed by atoms with van der Waals surface area (Å²) in [5.74, 6) is 1.56. The van der Waals surface area contributed by atoms with E-state index in [0.717, 1.165) is 36.2 Å². The summed E-state index contributed by atoms with van der Waals surface area (Å²) in [6.45, 7) is 3.05. The highest BCUT2D eigenvalue weighted by molar-refractivity contribution is 9.10. The van der Waals surface area contributed by atoms with E-state index in [1.165, 1.54) is 0 Å². The predicted octanol–water partition coefficient (Wildman–Crippen LogP) is 2.85. The Morgan fingerprint density at radius 3 is 2.94 bits per heavy atom. The van der Waals surface area contributed by atoms with Gasteiger partial charge in [-0.3, -0.25) is 0 Å². The molecule has 0 aromatic carbocycles. The minimum Gasteiger partial charge on any atom is -0.453 e. The number of aliphatic hydroxyl groups excluding tert-OH is 1. The number of furan rings is 1. The van der Waals surface area contributed by atoms with Gasteiger partial charge in [0.2, 0.25) is 0 Å². The molecule has 1 aliphatic rings. The van der Waals surface area contributed by atoms with E-state index in [4.69, 9.17) is 4.42 Å². The molecule has 2 N–H and O–H groups in total. The van der Waals surface area contributed by atoms with Gasteiger partial charge < -0.3 is 14.8 Å². The average molecular weight is 288 g/mol. The quantitative estimate of drug-likeness (QED) is 0.895. The Morgan fingerprint density at radius 1 is 1.56 bits per heavy atom. The molecule has 0 bridgehead atoms. The minimum atomic E-state index is -0.0835. The maximum absolute atomic E-state index is 9.43. The standard InChI is InChI=1S/C12H18BrNO2/c1-8(11-4-5-12(13)16-11)14-7-9-2-3-10(15)6-9/h4-5,8-10,14-15H,2-3,6-7H2,1H3. The lowest BCUT2D eigenvalue weighted by atomic mass is 10.1. The average Bonchev–Trinajstić information content (AvgIpc) is 2.84. The highest BCUT2D eigenvalue weighted by Crippen LogP contribution is 2.26. The van der Waals surface area contributed by atoms with Gasteiger partial charge in [0.25, 0.3) is 0 Å². The van der Waals surface area contributed by atoms with E-state index in [1.54, 1.807) is 0 Å². The Morgan fingerprint density at radius 2 is 2.38 bits per heavy atom. The van der Waals surface area contributed by atoms with Crippen LogP contribution in [0.5, 0.6) is 0 Å². The van der Waals surface area contributed by atoms with Crippen LogP contribution in [0.4, 0.5) is 0 Å². The van der Waals surface area contributed by atoms with Crippen LogP contribution in [0, 0.1) is 5.92 Å². The summed E-state index contributed by atoms with van der Waals surface area (Å²) in [4.78, 5) is 0. The molecule has 1 fully saturated rings. The van der Waals surface area contributed by atoms with Gasteiger partial charge in [0, 0.05) is 0 Å². The summed E-state index contributed by atoms with van der Waals surface area (Å²) in [6.07, 6.45) is 2.93. The van der Waals surface area contributed by atoms with Crippen molar-refractivity contribution in [3.63, 3.8) is 0 Å². The topological polar surface area (TPSA) is 45.4 Å². The first-order valence-electron chi connectivity index (χ1n) is 5.82. The van der Waals surface area contributed by atoms with Gasteiger partial charge in [-0.2, -0.15) is 0 Å². The van der Waals surface area contributed by atoms with Crippen molar-refractivity contribution in [1.29, 1.82) is 0 Å². The van der Waals surface area contributed by atoms with Gasteiger partial charge in [0.1, 0.15) is 5.76 Å². The fourth-order valence-corrected chi connectivity index (χ4v) is 2.56. The van der Waals surface area contributed by atoms with E-state index in [2.05, 4.69) is 28.2 Å². The highest BCUT2D eigenvalue weighted by atomic mass is 79.9. The van der Waals surface area contributed by atoms with Gasteiger partial charge in [0.05, 0.1) is 12.1 Å². The summed E-state index contributed by atoms with van der Waals surface area (Å²) in [6, 6.07) is 4.11. The van der Waals surface area contributed by atoms with E-state index in [0.29, 0.717) is 5.92 Å². The van der Waals surface area contributed by atoms with Crippen LogP contribution in [0.3, 0.4) is 0 Å². The maximum Gasteiger partial charge on any atom is 0.169 e. The predicted molar refractivity (Wildman–Crippen MR) is 66.2 cm³/mol. The summed E-state index contributed by atoms with van der Waals surface area (Å²) < 4.78 is 6.26. The van der Waals surface area contributed by atoms with Crippen LogP contribution in [0.15, 0.2) is 21.2 Å². The highest BCUT2D eigenvalue weighted by Gasteiger charge is 2.23. The number of rotatable bonds is 4. The molecule has 90 valence electrons. The molecule has 0 saturated heterocycles. The van der Waals surface area contributed by atoms with Crippen LogP contribution < -0.4 is 5.32 Å². The molecule has 2 rings (SSSR count). The summed E-state index contributed by atoms with van der Waals surface area (Å²) >= 11 is 3.30. The van der Waals surface area contributed by atoms with Gasteiger partial charge in [0.15, 0.2) is 4.67 Å². The Bertz CT molecular complexity index is 340. The first-order chi connectivity index (χ1) is 7.65. The Kier molecular flexibility index (Phi) is 4.05. The molecule has 3 nitrogen and oxygen atoms in total. The minimum absolute atomic E-state index is 0.0835. The van der Waals surface area contributed by atoms with Crippen LogP contribution in [0.2, 0.25) is 0 Å². The third-order valence-corrected chi connectivity index (χ3v) is 3.67. The van der Waals surface area contributed by atoms with E-state index in [9.17, 15) is 5.11 Å². The van der Waals surface area contributed by atoms with E-state index in [1.807, 2.05) is 12.1 Å². The Balaban J connectivity index is 1.77. The molecule has 4 heteroatoms.